The molecule has 0 unspecified atom stereocenters. The fourth-order valence-electron chi connectivity index (χ4n) is 2.78. The molecule has 7 heteroatoms. The van der Waals surface area contributed by atoms with Gasteiger partial charge in [0.05, 0.1) is 5.56 Å². The zero-order valence-electron chi connectivity index (χ0n) is 14.8. The van der Waals surface area contributed by atoms with Crippen LogP contribution in [0.2, 0.25) is 0 Å². The highest BCUT2D eigenvalue weighted by Crippen LogP contribution is 2.27. The van der Waals surface area contributed by atoms with E-state index in [0.717, 1.165) is 10.0 Å². The van der Waals surface area contributed by atoms with Crippen molar-refractivity contribution in [3.8, 4) is 11.3 Å². The van der Waals surface area contributed by atoms with Gasteiger partial charge in [0.25, 0.3) is 0 Å². The highest BCUT2D eigenvalue weighted by atomic mass is 79.9. The summed E-state index contributed by atoms with van der Waals surface area (Å²) in [5, 5.41) is 4.35. The summed E-state index contributed by atoms with van der Waals surface area (Å²) < 4.78 is 7.35. The lowest BCUT2D eigenvalue weighted by Crippen LogP contribution is -2.06. The Bertz CT molecular complexity index is 1150. The molecule has 6 nitrogen and oxygen atoms in total. The van der Waals surface area contributed by atoms with Crippen LogP contribution in [-0.2, 0) is 9.53 Å². The van der Waals surface area contributed by atoms with Crippen molar-refractivity contribution in [3.63, 3.8) is 0 Å². The van der Waals surface area contributed by atoms with Crippen LogP contribution in [0.25, 0.3) is 17.3 Å². The number of carbonyl (C=O) groups excluding carboxylic acids is 2. The molecule has 1 aromatic heterocycles. The number of halogens is 1. The van der Waals surface area contributed by atoms with E-state index in [1.54, 1.807) is 12.3 Å². The monoisotopic (exact) mass is 435 g/mol. The number of ether oxygens (including phenoxy) is 1. The van der Waals surface area contributed by atoms with Crippen molar-refractivity contribution in [3.05, 3.63) is 82.1 Å². The molecule has 28 heavy (non-hydrogen) atoms. The van der Waals surface area contributed by atoms with E-state index in [-0.39, 0.29) is 17.5 Å². The molecule has 2 aromatic carbocycles. The Hall–Kier alpha value is -3.32. The Morgan fingerprint density at radius 2 is 1.82 bits per heavy atom. The molecule has 1 aliphatic rings. The number of hydrogen-bond acceptors (Lipinski definition) is 5. The molecule has 3 aromatic rings. The molecule has 1 aliphatic heterocycles. The molecule has 0 N–H and O–H groups in total. The van der Waals surface area contributed by atoms with Gasteiger partial charge in [0.2, 0.25) is 11.8 Å². The zero-order valence-corrected chi connectivity index (χ0v) is 16.4. The maximum Gasteiger partial charge on any atom is 0.363 e. The van der Waals surface area contributed by atoms with Crippen molar-refractivity contribution in [2.75, 3.05) is 0 Å². The van der Waals surface area contributed by atoms with Gasteiger partial charge in [-0.1, -0.05) is 42.5 Å². The number of carbonyl (C=O) groups is 2. The lowest BCUT2D eigenvalue weighted by atomic mass is 10.1. The first-order valence-corrected chi connectivity index (χ1v) is 9.26. The summed E-state index contributed by atoms with van der Waals surface area (Å²) in [7, 11) is 0. The molecule has 0 amide bonds. The van der Waals surface area contributed by atoms with Gasteiger partial charge in [-0.3, -0.25) is 4.79 Å². The molecule has 2 heterocycles. The van der Waals surface area contributed by atoms with E-state index in [1.807, 2.05) is 54.6 Å². The first-order chi connectivity index (χ1) is 13.5. The number of esters is 1. The van der Waals surface area contributed by atoms with Crippen molar-refractivity contribution >= 4 is 39.8 Å². The second-order valence-electron chi connectivity index (χ2n) is 6.08. The van der Waals surface area contributed by atoms with Gasteiger partial charge >= 0.3 is 5.97 Å². The van der Waals surface area contributed by atoms with Crippen molar-refractivity contribution in [2.24, 2.45) is 4.99 Å². The van der Waals surface area contributed by atoms with Crippen LogP contribution in [0, 0.1) is 0 Å². The summed E-state index contributed by atoms with van der Waals surface area (Å²) in [5.41, 5.74) is 2.84. The highest BCUT2D eigenvalue weighted by Gasteiger charge is 2.26. The van der Waals surface area contributed by atoms with Crippen LogP contribution in [-0.4, -0.2) is 27.6 Å². The molecule has 138 valence electrons. The SMILES string of the molecule is CC(=O)n1cc(/C=C2\N=C(c3ccccc3Br)OC2=O)c(-c2ccccc2)n1. The van der Waals surface area contributed by atoms with E-state index in [0.29, 0.717) is 16.8 Å². The molecular formula is C21H14BrN3O3. The lowest BCUT2D eigenvalue weighted by Gasteiger charge is -2.01. The Labute approximate surface area is 169 Å². The number of rotatable bonds is 3. The maximum atomic E-state index is 12.3. The molecule has 0 saturated heterocycles. The third-order valence-corrected chi connectivity index (χ3v) is 4.82. The van der Waals surface area contributed by atoms with Gasteiger partial charge in [0.15, 0.2) is 5.70 Å². The quantitative estimate of drug-likeness (QED) is 0.453. The van der Waals surface area contributed by atoms with Gasteiger partial charge in [0, 0.05) is 28.7 Å². The molecule has 0 bridgehead atoms. The predicted octanol–water partition coefficient (Wildman–Crippen LogP) is 4.32. The number of aromatic nitrogens is 2. The molecule has 0 aliphatic carbocycles. The summed E-state index contributed by atoms with van der Waals surface area (Å²) in [6.45, 7) is 1.42. The van der Waals surface area contributed by atoms with Crippen LogP contribution in [0.5, 0.6) is 0 Å². The van der Waals surface area contributed by atoms with Gasteiger partial charge in [-0.25, -0.2) is 14.5 Å². The van der Waals surface area contributed by atoms with E-state index in [9.17, 15) is 9.59 Å². The first kappa shape index (κ1) is 18.1. The molecule has 0 saturated carbocycles. The van der Waals surface area contributed by atoms with Crippen LogP contribution < -0.4 is 0 Å². The minimum Gasteiger partial charge on any atom is -0.402 e. The summed E-state index contributed by atoms with van der Waals surface area (Å²) in [6, 6.07) is 16.8. The van der Waals surface area contributed by atoms with Crippen molar-refractivity contribution < 1.29 is 14.3 Å². The van der Waals surface area contributed by atoms with Gasteiger partial charge < -0.3 is 4.74 Å². The third-order valence-electron chi connectivity index (χ3n) is 4.13. The summed E-state index contributed by atoms with van der Waals surface area (Å²) in [5.74, 6) is -0.558. The molecule has 4 rings (SSSR count). The van der Waals surface area contributed by atoms with Crippen LogP contribution >= 0.6 is 15.9 Å². The summed E-state index contributed by atoms with van der Waals surface area (Å²) in [4.78, 5) is 28.5. The second kappa shape index (κ2) is 7.36. The zero-order chi connectivity index (χ0) is 19.7. The number of cyclic esters (lactones) is 1. The lowest BCUT2D eigenvalue weighted by molar-refractivity contribution is -0.129. The summed E-state index contributed by atoms with van der Waals surface area (Å²) in [6.07, 6.45) is 3.16. The van der Waals surface area contributed by atoms with Crippen LogP contribution in [0.15, 0.2) is 76.0 Å². The molecular weight excluding hydrogens is 422 g/mol. The Balaban J connectivity index is 1.79. The van der Waals surface area contributed by atoms with E-state index in [4.69, 9.17) is 4.74 Å². The smallest absolute Gasteiger partial charge is 0.363 e. The van der Waals surface area contributed by atoms with Gasteiger partial charge in [-0.15, -0.1) is 0 Å². The molecule has 0 radical (unpaired) electrons. The van der Waals surface area contributed by atoms with Gasteiger partial charge in [-0.2, -0.15) is 5.10 Å². The maximum absolute atomic E-state index is 12.3. The van der Waals surface area contributed by atoms with Crippen molar-refractivity contribution in [1.82, 2.24) is 9.78 Å². The number of benzene rings is 2. The van der Waals surface area contributed by atoms with Crippen LogP contribution in [0.3, 0.4) is 0 Å². The normalized spacial score (nSPS) is 14.9. The topological polar surface area (TPSA) is 73.6 Å². The minimum atomic E-state index is -0.555. The van der Waals surface area contributed by atoms with E-state index in [1.165, 1.54) is 11.6 Å². The average Bonchev–Trinajstić information content (AvgIpc) is 3.27. The average molecular weight is 436 g/mol. The van der Waals surface area contributed by atoms with Crippen LogP contribution in [0.4, 0.5) is 0 Å². The van der Waals surface area contributed by atoms with Crippen LogP contribution in [0.1, 0.15) is 22.8 Å². The number of hydrogen-bond donors (Lipinski definition) is 0. The Morgan fingerprint density at radius 3 is 2.54 bits per heavy atom. The largest absolute Gasteiger partial charge is 0.402 e. The minimum absolute atomic E-state index is 0.144. The Morgan fingerprint density at radius 1 is 1.11 bits per heavy atom. The number of aliphatic imine (C=N–C) groups is 1. The van der Waals surface area contributed by atoms with E-state index in [2.05, 4.69) is 26.0 Å². The fourth-order valence-corrected chi connectivity index (χ4v) is 3.24. The van der Waals surface area contributed by atoms with E-state index < -0.39 is 5.97 Å². The number of nitrogens with zero attached hydrogens (tertiary/aromatic N) is 3. The summed E-state index contributed by atoms with van der Waals surface area (Å²) >= 11 is 3.43. The van der Waals surface area contributed by atoms with Gasteiger partial charge in [-0.05, 0) is 34.1 Å². The first-order valence-electron chi connectivity index (χ1n) is 8.46. The second-order valence-corrected chi connectivity index (χ2v) is 6.93. The van der Waals surface area contributed by atoms with Gasteiger partial charge in [0.1, 0.15) is 5.69 Å². The Kier molecular flexibility index (Phi) is 4.75. The third kappa shape index (κ3) is 3.44. The molecule has 0 atom stereocenters. The standard InChI is InChI=1S/C21H14BrN3O3/c1-13(26)25-12-15(19(24-25)14-7-3-2-4-8-14)11-18-21(27)28-20(23-18)16-9-5-6-10-17(16)22/h2-12H,1H3/b18-11-. The van der Waals surface area contributed by atoms with E-state index >= 15 is 0 Å². The predicted molar refractivity (Wildman–Crippen MR) is 109 cm³/mol. The molecule has 0 spiro atoms. The van der Waals surface area contributed by atoms with Crippen molar-refractivity contribution in [1.29, 1.82) is 0 Å². The highest BCUT2D eigenvalue weighted by molar-refractivity contribution is 9.10. The van der Waals surface area contributed by atoms with Crippen molar-refractivity contribution in [2.45, 2.75) is 6.92 Å². The molecule has 0 fully saturated rings. The fraction of sp³-hybridized carbons (Fsp3) is 0.0476.